The molecule has 3 aromatic carbocycles. The van der Waals surface area contributed by atoms with Crippen molar-refractivity contribution in [2.45, 2.75) is 9.79 Å². The van der Waals surface area contributed by atoms with Crippen LogP contribution in [0.3, 0.4) is 0 Å². The van der Waals surface area contributed by atoms with Crippen LogP contribution in [0.1, 0.15) is 0 Å². The van der Waals surface area contributed by atoms with Gasteiger partial charge in [0.25, 0.3) is 0 Å². The molecule has 0 N–H and O–H groups in total. The zero-order chi connectivity index (χ0) is 13.0. The maximum atomic E-state index is 12.5. The summed E-state index contributed by atoms with van der Waals surface area (Å²) in [5.41, 5.74) is 1.62. The highest BCUT2D eigenvalue weighted by molar-refractivity contribution is 7.92. The standard InChI is InChI=1S/C16H10O2S/c17-19(18)15-8-4-3-7-13(15)14-9-11-5-1-2-6-12(11)10-16(14)19/h1-10H. The summed E-state index contributed by atoms with van der Waals surface area (Å²) >= 11 is 0. The minimum Gasteiger partial charge on any atom is -0.218 e. The molecule has 92 valence electrons. The van der Waals surface area contributed by atoms with Gasteiger partial charge >= 0.3 is 0 Å². The SMILES string of the molecule is O=S1(=O)c2ccccc2-c2cc3ccccc3cc21. The minimum absolute atomic E-state index is 0.417. The zero-order valence-corrected chi connectivity index (χ0v) is 10.8. The van der Waals surface area contributed by atoms with E-state index >= 15 is 0 Å². The summed E-state index contributed by atoms with van der Waals surface area (Å²) in [4.78, 5) is 0.840. The Morgan fingerprint density at radius 2 is 1.26 bits per heavy atom. The van der Waals surface area contributed by atoms with E-state index in [9.17, 15) is 8.42 Å². The molecule has 0 amide bonds. The van der Waals surface area contributed by atoms with E-state index < -0.39 is 9.84 Å². The van der Waals surface area contributed by atoms with Gasteiger partial charge in [0, 0.05) is 11.1 Å². The molecule has 0 aliphatic carbocycles. The van der Waals surface area contributed by atoms with Crippen molar-refractivity contribution in [1.82, 2.24) is 0 Å². The van der Waals surface area contributed by atoms with Crippen LogP contribution in [0.5, 0.6) is 0 Å². The molecule has 1 aliphatic heterocycles. The van der Waals surface area contributed by atoms with E-state index in [1.165, 1.54) is 0 Å². The molecule has 0 atom stereocenters. The molecule has 19 heavy (non-hydrogen) atoms. The maximum Gasteiger partial charge on any atom is 0.207 e. The first-order chi connectivity index (χ1) is 9.18. The molecule has 0 bridgehead atoms. The Labute approximate surface area is 111 Å². The number of benzene rings is 3. The summed E-state index contributed by atoms with van der Waals surface area (Å²) in [5, 5.41) is 2.02. The highest BCUT2D eigenvalue weighted by Crippen LogP contribution is 2.44. The van der Waals surface area contributed by atoms with Crippen LogP contribution < -0.4 is 0 Å². The van der Waals surface area contributed by atoms with Gasteiger partial charge in [-0.2, -0.15) is 0 Å². The van der Waals surface area contributed by atoms with Gasteiger partial charge in [0.1, 0.15) is 0 Å². The van der Waals surface area contributed by atoms with Crippen molar-refractivity contribution in [3.8, 4) is 11.1 Å². The van der Waals surface area contributed by atoms with E-state index in [0.717, 1.165) is 21.9 Å². The Morgan fingerprint density at radius 1 is 0.632 bits per heavy atom. The molecule has 0 spiro atoms. The number of hydrogen-bond donors (Lipinski definition) is 0. The molecule has 1 heterocycles. The van der Waals surface area contributed by atoms with Crippen molar-refractivity contribution < 1.29 is 8.42 Å². The van der Waals surface area contributed by atoms with E-state index in [-0.39, 0.29) is 0 Å². The molecule has 0 saturated carbocycles. The highest BCUT2D eigenvalue weighted by Gasteiger charge is 2.32. The number of fused-ring (bicyclic) bond motifs is 4. The van der Waals surface area contributed by atoms with Gasteiger partial charge in [-0.25, -0.2) is 8.42 Å². The van der Waals surface area contributed by atoms with Crippen LogP contribution in [0, 0.1) is 0 Å². The quantitative estimate of drug-likeness (QED) is 0.487. The summed E-state index contributed by atoms with van der Waals surface area (Å²) < 4.78 is 25.0. The van der Waals surface area contributed by atoms with Gasteiger partial charge in [0.2, 0.25) is 9.84 Å². The van der Waals surface area contributed by atoms with Crippen LogP contribution in [0.15, 0.2) is 70.5 Å². The van der Waals surface area contributed by atoms with Crippen molar-refractivity contribution in [2.75, 3.05) is 0 Å². The van der Waals surface area contributed by atoms with Crippen LogP contribution >= 0.6 is 0 Å². The third-order valence-electron chi connectivity index (χ3n) is 3.60. The molecule has 2 nitrogen and oxygen atoms in total. The molecule has 0 aromatic heterocycles. The molecular weight excluding hydrogens is 256 g/mol. The van der Waals surface area contributed by atoms with Crippen LogP contribution in [0.25, 0.3) is 21.9 Å². The first kappa shape index (κ1) is 10.8. The molecule has 0 radical (unpaired) electrons. The molecular formula is C16H10O2S. The monoisotopic (exact) mass is 266 g/mol. The average molecular weight is 266 g/mol. The van der Waals surface area contributed by atoms with E-state index in [2.05, 4.69) is 0 Å². The molecule has 0 fully saturated rings. The second kappa shape index (κ2) is 3.45. The fraction of sp³-hybridized carbons (Fsp3) is 0. The van der Waals surface area contributed by atoms with E-state index in [1.54, 1.807) is 18.2 Å². The van der Waals surface area contributed by atoms with Crippen molar-refractivity contribution in [2.24, 2.45) is 0 Å². The predicted octanol–water partition coefficient (Wildman–Crippen LogP) is 3.65. The summed E-state index contributed by atoms with van der Waals surface area (Å²) in [7, 11) is -3.36. The Bertz CT molecular complexity index is 924. The fourth-order valence-corrected chi connectivity index (χ4v) is 4.40. The van der Waals surface area contributed by atoms with Crippen LogP contribution in [-0.2, 0) is 9.84 Å². The van der Waals surface area contributed by atoms with Gasteiger partial charge in [0.05, 0.1) is 9.79 Å². The lowest BCUT2D eigenvalue weighted by atomic mass is 10.0. The molecule has 1 aliphatic rings. The smallest absolute Gasteiger partial charge is 0.207 e. The van der Waals surface area contributed by atoms with Gasteiger partial charge in [-0.3, -0.25) is 0 Å². The summed E-state index contributed by atoms with van der Waals surface area (Å²) in [6.07, 6.45) is 0. The largest absolute Gasteiger partial charge is 0.218 e. The van der Waals surface area contributed by atoms with Gasteiger partial charge in [-0.15, -0.1) is 0 Å². The van der Waals surface area contributed by atoms with E-state index in [4.69, 9.17) is 0 Å². The first-order valence-electron chi connectivity index (χ1n) is 6.05. The third-order valence-corrected chi connectivity index (χ3v) is 5.46. The third kappa shape index (κ3) is 1.33. The number of rotatable bonds is 0. The Hall–Kier alpha value is -2.13. The van der Waals surface area contributed by atoms with Gasteiger partial charge in [0.15, 0.2) is 0 Å². The predicted molar refractivity (Wildman–Crippen MR) is 74.8 cm³/mol. The topological polar surface area (TPSA) is 34.1 Å². The Kier molecular flexibility index (Phi) is 1.96. The zero-order valence-electron chi connectivity index (χ0n) is 10.00. The lowest BCUT2D eigenvalue weighted by Crippen LogP contribution is -1.96. The minimum atomic E-state index is -3.36. The molecule has 0 unspecified atom stereocenters. The lowest BCUT2D eigenvalue weighted by molar-refractivity contribution is 0.599. The van der Waals surface area contributed by atoms with Crippen molar-refractivity contribution in [3.63, 3.8) is 0 Å². The lowest BCUT2D eigenvalue weighted by Gasteiger charge is -2.02. The summed E-state index contributed by atoms with van der Waals surface area (Å²) in [5.74, 6) is 0. The fourth-order valence-electron chi connectivity index (χ4n) is 2.69. The summed E-state index contributed by atoms with van der Waals surface area (Å²) in [6, 6.07) is 18.8. The average Bonchev–Trinajstić information content (AvgIpc) is 2.66. The van der Waals surface area contributed by atoms with E-state index in [0.29, 0.717) is 9.79 Å². The van der Waals surface area contributed by atoms with Crippen molar-refractivity contribution >= 4 is 20.6 Å². The highest BCUT2D eigenvalue weighted by atomic mass is 32.2. The molecule has 0 saturated heterocycles. The van der Waals surface area contributed by atoms with Crippen LogP contribution in [0.4, 0.5) is 0 Å². The van der Waals surface area contributed by atoms with Crippen LogP contribution in [-0.4, -0.2) is 8.42 Å². The normalized spacial score (nSPS) is 15.2. The van der Waals surface area contributed by atoms with Gasteiger partial charge < -0.3 is 0 Å². The molecule has 4 rings (SSSR count). The number of sulfone groups is 1. The molecule has 3 aromatic rings. The van der Waals surface area contributed by atoms with Gasteiger partial charge in [-0.05, 0) is 29.0 Å². The van der Waals surface area contributed by atoms with E-state index in [1.807, 2.05) is 42.5 Å². The Morgan fingerprint density at radius 3 is 2.05 bits per heavy atom. The Balaban J connectivity index is 2.21. The van der Waals surface area contributed by atoms with Crippen molar-refractivity contribution in [3.05, 3.63) is 60.7 Å². The summed E-state index contributed by atoms with van der Waals surface area (Å²) in [6.45, 7) is 0. The number of hydrogen-bond acceptors (Lipinski definition) is 2. The maximum absolute atomic E-state index is 12.5. The first-order valence-corrected chi connectivity index (χ1v) is 7.53. The second-order valence-electron chi connectivity index (χ2n) is 4.70. The van der Waals surface area contributed by atoms with Crippen LogP contribution in [0.2, 0.25) is 0 Å². The molecule has 3 heteroatoms. The van der Waals surface area contributed by atoms with Crippen molar-refractivity contribution in [1.29, 1.82) is 0 Å². The second-order valence-corrected chi connectivity index (χ2v) is 6.58. The van der Waals surface area contributed by atoms with Gasteiger partial charge in [-0.1, -0.05) is 42.5 Å².